The van der Waals surface area contributed by atoms with E-state index in [-0.39, 0.29) is 23.4 Å². The molecule has 1 N–H and O–H groups in total. The molecule has 3 aliphatic rings. The van der Waals surface area contributed by atoms with Crippen LogP contribution >= 0.6 is 0 Å². The maximum Gasteiger partial charge on any atom is 0.312 e. The van der Waals surface area contributed by atoms with Gasteiger partial charge in [0.1, 0.15) is 6.10 Å². The molecule has 0 spiro atoms. The Morgan fingerprint density at radius 3 is 2.50 bits per heavy atom. The summed E-state index contributed by atoms with van der Waals surface area (Å²) < 4.78 is 6.20. The van der Waals surface area contributed by atoms with Crippen LogP contribution in [0.1, 0.15) is 80.1 Å². The fourth-order valence-electron chi connectivity index (χ4n) is 6.40. The molecule has 2 bridgehead atoms. The first kappa shape index (κ1) is 19.7. The van der Waals surface area contributed by atoms with Crippen molar-refractivity contribution >= 4 is 11.9 Å². The number of carbonyl (C=O) groups is 2. The Kier molecular flexibility index (Phi) is 4.94. The van der Waals surface area contributed by atoms with Crippen molar-refractivity contribution in [3.8, 4) is 0 Å². The molecular weight excluding hydrogens is 326 g/mol. The number of carbonyl (C=O) groups excluding carboxylic acids is 2. The first-order valence-corrected chi connectivity index (χ1v) is 10.5. The van der Waals surface area contributed by atoms with Crippen molar-refractivity contribution in [3.05, 3.63) is 0 Å². The first-order valence-electron chi connectivity index (χ1n) is 10.5. The maximum atomic E-state index is 13.3. The second-order valence-corrected chi connectivity index (χ2v) is 10.9. The highest BCUT2D eigenvalue weighted by molar-refractivity contribution is 5.86. The van der Waals surface area contributed by atoms with Gasteiger partial charge in [0.15, 0.2) is 0 Å². The van der Waals surface area contributed by atoms with E-state index in [4.69, 9.17) is 4.74 Å². The molecule has 0 unspecified atom stereocenters. The van der Waals surface area contributed by atoms with Crippen molar-refractivity contribution in [2.45, 2.75) is 86.2 Å². The SMILES string of the molecule is CC(C)[C@@H]1CC[C@@H](C)C[C@H]1OC(=O)[C@@]1(C)C[C@]2(C)CNC(=O)[C@@](C)(C2)C1. The lowest BCUT2D eigenvalue weighted by molar-refractivity contribution is -0.180. The molecular formula is C22H37NO3. The van der Waals surface area contributed by atoms with Crippen molar-refractivity contribution in [3.63, 3.8) is 0 Å². The predicted octanol–water partition coefficient (Wildman–Crippen LogP) is 4.32. The number of piperidine rings is 1. The third-order valence-electron chi connectivity index (χ3n) is 7.35. The monoisotopic (exact) mass is 363 g/mol. The topological polar surface area (TPSA) is 55.4 Å². The highest BCUT2D eigenvalue weighted by Crippen LogP contribution is 2.56. The number of amides is 1. The number of ether oxygens (including phenoxy) is 1. The highest BCUT2D eigenvalue weighted by Gasteiger charge is 2.58. The van der Waals surface area contributed by atoms with Gasteiger partial charge in [-0.1, -0.05) is 41.0 Å². The predicted molar refractivity (Wildman–Crippen MR) is 102 cm³/mol. The van der Waals surface area contributed by atoms with Gasteiger partial charge in [-0.05, 0) is 62.2 Å². The zero-order chi connectivity index (χ0) is 19.3. The van der Waals surface area contributed by atoms with Crippen molar-refractivity contribution < 1.29 is 14.3 Å². The summed E-state index contributed by atoms with van der Waals surface area (Å²) in [6, 6.07) is 0. The van der Waals surface area contributed by atoms with Gasteiger partial charge in [-0.25, -0.2) is 0 Å². The molecule has 4 nitrogen and oxygen atoms in total. The molecule has 0 aromatic heterocycles. The number of esters is 1. The minimum atomic E-state index is -0.568. The van der Waals surface area contributed by atoms with Gasteiger partial charge in [0.2, 0.25) is 5.91 Å². The molecule has 1 aliphatic heterocycles. The van der Waals surface area contributed by atoms with E-state index in [0.29, 0.717) is 30.7 Å². The largest absolute Gasteiger partial charge is 0.462 e. The van der Waals surface area contributed by atoms with Gasteiger partial charge in [-0.15, -0.1) is 0 Å². The molecule has 0 aromatic rings. The van der Waals surface area contributed by atoms with Gasteiger partial charge in [0.25, 0.3) is 0 Å². The van der Waals surface area contributed by atoms with Crippen molar-refractivity contribution in [2.24, 2.45) is 34.0 Å². The molecule has 2 aliphatic carbocycles. The average molecular weight is 364 g/mol. The van der Waals surface area contributed by atoms with Gasteiger partial charge in [-0.2, -0.15) is 0 Å². The Balaban J connectivity index is 1.79. The van der Waals surface area contributed by atoms with Crippen LogP contribution in [0.2, 0.25) is 0 Å². The number of fused-ring (bicyclic) bond motifs is 2. The zero-order valence-electron chi connectivity index (χ0n) is 17.5. The summed E-state index contributed by atoms with van der Waals surface area (Å²) in [5.41, 5.74) is -1.05. The van der Waals surface area contributed by atoms with E-state index in [1.807, 2.05) is 13.8 Å². The van der Waals surface area contributed by atoms with Crippen LogP contribution < -0.4 is 5.32 Å². The van der Waals surface area contributed by atoms with E-state index in [1.165, 1.54) is 6.42 Å². The van der Waals surface area contributed by atoms with Crippen LogP contribution in [0.25, 0.3) is 0 Å². The molecule has 0 aromatic carbocycles. The van der Waals surface area contributed by atoms with Crippen LogP contribution in [0, 0.1) is 34.0 Å². The van der Waals surface area contributed by atoms with E-state index in [2.05, 4.69) is 33.0 Å². The Morgan fingerprint density at radius 2 is 1.85 bits per heavy atom. The smallest absolute Gasteiger partial charge is 0.312 e. The van der Waals surface area contributed by atoms with Gasteiger partial charge in [0.05, 0.1) is 5.41 Å². The van der Waals surface area contributed by atoms with Crippen molar-refractivity contribution in [2.75, 3.05) is 6.54 Å². The van der Waals surface area contributed by atoms with Gasteiger partial charge in [0, 0.05) is 12.0 Å². The normalized spacial score (nSPS) is 46.0. The zero-order valence-corrected chi connectivity index (χ0v) is 17.5. The summed E-state index contributed by atoms with van der Waals surface area (Å²) in [6.07, 6.45) is 5.62. The van der Waals surface area contributed by atoms with Crippen LogP contribution in [-0.4, -0.2) is 24.5 Å². The summed E-state index contributed by atoms with van der Waals surface area (Å²) in [4.78, 5) is 25.8. The van der Waals surface area contributed by atoms with Crippen molar-refractivity contribution in [1.82, 2.24) is 5.32 Å². The molecule has 0 radical (unpaired) electrons. The van der Waals surface area contributed by atoms with Crippen LogP contribution in [0.4, 0.5) is 0 Å². The van der Waals surface area contributed by atoms with Crippen molar-refractivity contribution in [1.29, 1.82) is 0 Å². The molecule has 3 fully saturated rings. The maximum absolute atomic E-state index is 13.3. The van der Waals surface area contributed by atoms with Crippen LogP contribution in [0.3, 0.4) is 0 Å². The number of hydrogen-bond acceptors (Lipinski definition) is 3. The summed E-state index contributed by atoms with van der Waals surface area (Å²) in [7, 11) is 0. The summed E-state index contributed by atoms with van der Waals surface area (Å²) >= 11 is 0. The van der Waals surface area contributed by atoms with E-state index < -0.39 is 10.8 Å². The third-order valence-corrected chi connectivity index (χ3v) is 7.35. The lowest BCUT2D eigenvalue weighted by Gasteiger charge is -2.54. The molecule has 1 saturated heterocycles. The summed E-state index contributed by atoms with van der Waals surface area (Å²) in [5.74, 6) is 1.62. The average Bonchev–Trinajstić information content (AvgIpc) is 2.50. The van der Waals surface area contributed by atoms with E-state index in [0.717, 1.165) is 25.7 Å². The van der Waals surface area contributed by atoms with E-state index in [9.17, 15) is 9.59 Å². The quantitative estimate of drug-likeness (QED) is 0.760. The molecule has 148 valence electrons. The summed E-state index contributed by atoms with van der Waals surface area (Å²) in [5, 5.41) is 3.06. The molecule has 2 saturated carbocycles. The summed E-state index contributed by atoms with van der Waals surface area (Å²) in [6.45, 7) is 13.6. The molecule has 1 heterocycles. The molecule has 6 atom stereocenters. The van der Waals surface area contributed by atoms with E-state index in [1.54, 1.807) is 0 Å². The molecule has 1 amide bonds. The second-order valence-electron chi connectivity index (χ2n) is 10.9. The Bertz CT molecular complexity index is 588. The molecule has 3 rings (SSSR count). The molecule has 4 heteroatoms. The Hall–Kier alpha value is -1.06. The number of rotatable bonds is 3. The lowest BCUT2D eigenvalue weighted by atomic mass is 9.52. The number of nitrogens with one attached hydrogen (secondary N) is 1. The molecule has 26 heavy (non-hydrogen) atoms. The third kappa shape index (κ3) is 3.53. The highest BCUT2D eigenvalue weighted by atomic mass is 16.5. The van der Waals surface area contributed by atoms with Gasteiger partial charge < -0.3 is 10.1 Å². The standard InChI is InChI=1S/C22H37NO3/c1-14(2)16-8-7-15(3)9-17(16)26-19(25)22(6)11-20(4)10-21(5,12-22)18(24)23-13-20/h14-17H,7-13H2,1-6H3,(H,23,24)/t15-,16+,17-,20-,21+,22+/m1/s1. The fraction of sp³-hybridized carbons (Fsp3) is 0.909. The minimum Gasteiger partial charge on any atom is -0.462 e. The van der Waals surface area contributed by atoms with Gasteiger partial charge >= 0.3 is 5.97 Å². The fourth-order valence-corrected chi connectivity index (χ4v) is 6.40. The second kappa shape index (κ2) is 6.53. The van der Waals surface area contributed by atoms with E-state index >= 15 is 0 Å². The Labute approximate surface area is 158 Å². The minimum absolute atomic E-state index is 0.0218. The van der Waals surface area contributed by atoms with Crippen LogP contribution in [0.5, 0.6) is 0 Å². The van der Waals surface area contributed by atoms with Crippen LogP contribution in [0.15, 0.2) is 0 Å². The Morgan fingerprint density at radius 1 is 1.15 bits per heavy atom. The van der Waals surface area contributed by atoms with Crippen LogP contribution in [-0.2, 0) is 14.3 Å². The van der Waals surface area contributed by atoms with Gasteiger partial charge in [-0.3, -0.25) is 9.59 Å². The lowest BCUT2D eigenvalue weighted by Crippen LogP contribution is -2.60. The first-order chi connectivity index (χ1) is 12.0. The number of hydrogen-bond donors (Lipinski definition) is 1.